The minimum absolute atomic E-state index is 0.255. The van der Waals surface area contributed by atoms with Gasteiger partial charge in [-0.05, 0) is 36.3 Å². The first-order valence-corrected chi connectivity index (χ1v) is 9.92. The van der Waals surface area contributed by atoms with Crippen LogP contribution in [0, 0.1) is 0 Å². The largest absolute Gasteiger partial charge is 0.493 e. The Morgan fingerprint density at radius 2 is 1.69 bits per heavy atom. The van der Waals surface area contributed by atoms with Gasteiger partial charge < -0.3 is 10.1 Å². The summed E-state index contributed by atoms with van der Waals surface area (Å²) in [5.74, 6) is 0.192. The number of amides is 1. The summed E-state index contributed by atoms with van der Waals surface area (Å²) >= 11 is 0. The van der Waals surface area contributed by atoms with E-state index in [1.807, 2.05) is 42.5 Å². The molecule has 0 bridgehead atoms. The number of hydrogen-bond donors (Lipinski definition) is 1. The number of aromatic nitrogens is 2. The van der Waals surface area contributed by atoms with Gasteiger partial charge in [0, 0.05) is 13.1 Å². The Kier molecular flexibility index (Phi) is 7.03. The first kappa shape index (κ1) is 20.6. The van der Waals surface area contributed by atoms with E-state index in [2.05, 4.69) is 41.3 Å². The lowest BCUT2D eigenvalue weighted by atomic mass is 10.1. The predicted molar refractivity (Wildman–Crippen MR) is 114 cm³/mol. The predicted octanol–water partition coefficient (Wildman–Crippen LogP) is 3.65. The van der Waals surface area contributed by atoms with Gasteiger partial charge in [0.2, 0.25) is 0 Å². The van der Waals surface area contributed by atoms with E-state index in [1.54, 1.807) is 18.0 Å². The van der Waals surface area contributed by atoms with Crippen LogP contribution in [-0.4, -0.2) is 40.8 Å². The summed E-state index contributed by atoms with van der Waals surface area (Å²) in [6, 6.07) is 17.9. The van der Waals surface area contributed by atoms with Gasteiger partial charge in [-0.1, -0.05) is 56.3 Å². The number of hydrogen-bond acceptors (Lipinski definition) is 4. The van der Waals surface area contributed by atoms with Gasteiger partial charge in [0.05, 0.1) is 19.0 Å². The summed E-state index contributed by atoms with van der Waals surface area (Å²) in [6.07, 6.45) is 1.72. The Morgan fingerprint density at radius 1 is 1.03 bits per heavy atom. The van der Waals surface area contributed by atoms with Crippen LogP contribution in [0.3, 0.4) is 0 Å². The molecule has 1 heterocycles. The van der Waals surface area contributed by atoms with E-state index < -0.39 is 0 Å². The third-order valence-electron chi connectivity index (χ3n) is 4.98. The van der Waals surface area contributed by atoms with Crippen molar-refractivity contribution >= 4 is 5.91 Å². The van der Waals surface area contributed by atoms with E-state index in [0.717, 1.165) is 30.9 Å². The molecule has 6 heteroatoms. The Balaban J connectivity index is 1.74. The number of ether oxygens (including phenoxy) is 1. The number of para-hydroxylation sites is 1. The molecule has 152 valence electrons. The quantitative estimate of drug-likeness (QED) is 0.604. The minimum Gasteiger partial charge on any atom is -0.493 e. The average molecular weight is 393 g/mol. The molecular formula is C23H28N4O2. The van der Waals surface area contributed by atoms with Crippen molar-refractivity contribution < 1.29 is 9.53 Å². The van der Waals surface area contributed by atoms with Crippen molar-refractivity contribution in [3.8, 4) is 11.4 Å². The molecule has 0 atom stereocenters. The summed E-state index contributed by atoms with van der Waals surface area (Å²) in [5.41, 5.74) is 3.47. The molecule has 0 aliphatic rings. The molecule has 1 N–H and O–H groups in total. The molecule has 2 aromatic carbocycles. The number of benzene rings is 2. The van der Waals surface area contributed by atoms with E-state index in [1.165, 1.54) is 5.56 Å². The molecule has 29 heavy (non-hydrogen) atoms. The van der Waals surface area contributed by atoms with Crippen molar-refractivity contribution in [3.63, 3.8) is 0 Å². The molecule has 0 saturated carbocycles. The van der Waals surface area contributed by atoms with Crippen molar-refractivity contribution in [3.05, 3.63) is 77.6 Å². The standard InChI is InChI=1S/C23H28N4O2/c1-4-26(5-2)16-19-12-10-9-11-18(19)15-24-23(28)22-21(29-3)17-27(25-22)20-13-7-6-8-14-20/h6-14,17H,4-5,15-16H2,1-3H3,(H,24,28). The van der Waals surface area contributed by atoms with Gasteiger partial charge in [-0.3, -0.25) is 9.69 Å². The molecule has 1 aromatic heterocycles. The van der Waals surface area contributed by atoms with Crippen molar-refractivity contribution in [2.45, 2.75) is 26.9 Å². The summed E-state index contributed by atoms with van der Waals surface area (Å²) in [4.78, 5) is 15.2. The number of methoxy groups -OCH3 is 1. The lowest BCUT2D eigenvalue weighted by molar-refractivity contribution is 0.0942. The van der Waals surface area contributed by atoms with Crippen LogP contribution in [0.1, 0.15) is 35.5 Å². The summed E-state index contributed by atoms with van der Waals surface area (Å²) < 4.78 is 7.03. The van der Waals surface area contributed by atoms with Crippen LogP contribution in [-0.2, 0) is 13.1 Å². The molecule has 0 saturated heterocycles. The summed E-state index contributed by atoms with van der Waals surface area (Å²) in [6.45, 7) is 7.60. The highest BCUT2D eigenvalue weighted by Gasteiger charge is 2.18. The molecule has 3 aromatic rings. The molecule has 3 rings (SSSR count). The Hall–Kier alpha value is -3.12. The minimum atomic E-state index is -0.255. The zero-order valence-electron chi connectivity index (χ0n) is 17.3. The van der Waals surface area contributed by atoms with Crippen LogP contribution in [0.5, 0.6) is 5.75 Å². The SMILES string of the molecule is CCN(CC)Cc1ccccc1CNC(=O)c1nn(-c2ccccc2)cc1OC. The van der Waals surface area contributed by atoms with Crippen LogP contribution < -0.4 is 10.1 Å². The van der Waals surface area contributed by atoms with E-state index in [0.29, 0.717) is 12.3 Å². The van der Waals surface area contributed by atoms with Gasteiger partial charge in [-0.2, -0.15) is 5.10 Å². The van der Waals surface area contributed by atoms with E-state index in [-0.39, 0.29) is 11.6 Å². The molecule has 0 unspecified atom stereocenters. The first-order valence-electron chi connectivity index (χ1n) is 9.92. The molecule has 0 radical (unpaired) electrons. The van der Waals surface area contributed by atoms with Gasteiger partial charge in [0.25, 0.3) is 5.91 Å². The topological polar surface area (TPSA) is 59.4 Å². The number of carbonyl (C=O) groups excluding carboxylic acids is 1. The third-order valence-corrected chi connectivity index (χ3v) is 4.98. The summed E-state index contributed by atoms with van der Waals surface area (Å²) in [5, 5.41) is 7.42. The van der Waals surface area contributed by atoms with Gasteiger partial charge in [-0.25, -0.2) is 4.68 Å². The Bertz CT molecular complexity index is 933. The molecule has 0 spiro atoms. The van der Waals surface area contributed by atoms with Crippen LogP contribution >= 0.6 is 0 Å². The molecule has 0 aliphatic carbocycles. The van der Waals surface area contributed by atoms with Crippen LogP contribution in [0.2, 0.25) is 0 Å². The summed E-state index contributed by atoms with van der Waals surface area (Å²) in [7, 11) is 1.54. The Morgan fingerprint density at radius 3 is 2.34 bits per heavy atom. The highest BCUT2D eigenvalue weighted by atomic mass is 16.5. The molecular weight excluding hydrogens is 364 g/mol. The Labute approximate surface area is 172 Å². The van der Waals surface area contributed by atoms with E-state index >= 15 is 0 Å². The maximum Gasteiger partial charge on any atom is 0.275 e. The van der Waals surface area contributed by atoms with Crippen LogP contribution in [0.4, 0.5) is 0 Å². The molecule has 6 nitrogen and oxygen atoms in total. The molecule has 0 aliphatic heterocycles. The fourth-order valence-electron chi connectivity index (χ4n) is 3.21. The fourth-order valence-corrected chi connectivity index (χ4v) is 3.21. The van der Waals surface area contributed by atoms with Gasteiger partial charge in [-0.15, -0.1) is 0 Å². The smallest absolute Gasteiger partial charge is 0.275 e. The zero-order chi connectivity index (χ0) is 20.6. The maximum atomic E-state index is 12.8. The second-order valence-corrected chi connectivity index (χ2v) is 6.74. The third kappa shape index (κ3) is 5.03. The normalized spacial score (nSPS) is 10.9. The highest BCUT2D eigenvalue weighted by Crippen LogP contribution is 2.20. The second-order valence-electron chi connectivity index (χ2n) is 6.74. The van der Waals surface area contributed by atoms with Crippen LogP contribution in [0.25, 0.3) is 5.69 Å². The van der Waals surface area contributed by atoms with Gasteiger partial charge in [0.15, 0.2) is 11.4 Å². The fraction of sp³-hybridized carbons (Fsp3) is 0.304. The monoisotopic (exact) mass is 392 g/mol. The lowest BCUT2D eigenvalue weighted by Gasteiger charge is -2.20. The number of nitrogens with zero attached hydrogens (tertiary/aromatic N) is 3. The number of nitrogens with one attached hydrogen (secondary N) is 1. The maximum absolute atomic E-state index is 12.8. The lowest BCUT2D eigenvalue weighted by Crippen LogP contribution is -2.26. The zero-order valence-corrected chi connectivity index (χ0v) is 17.3. The van der Waals surface area contributed by atoms with Gasteiger partial charge in [0.1, 0.15) is 0 Å². The van der Waals surface area contributed by atoms with Crippen LogP contribution in [0.15, 0.2) is 60.8 Å². The second kappa shape index (κ2) is 9.89. The van der Waals surface area contributed by atoms with E-state index in [4.69, 9.17) is 4.74 Å². The highest BCUT2D eigenvalue weighted by molar-refractivity contribution is 5.94. The van der Waals surface area contributed by atoms with Crippen molar-refractivity contribution in [1.29, 1.82) is 0 Å². The average Bonchev–Trinajstić information content (AvgIpc) is 3.21. The van der Waals surface area contributed by atoms with E-state index in [9.17, 15) is 4.79 Å². The van der Waals surface area contributed by atoms with Crippen molar-refractivity contribution in [1.82, 2.24) is 20.0 Å². The van der Waals surface area contributed by atoms with Crippen molar-refractivity contribution in [2.24, 2.45) is 0 Å². The first-order chi connectivity index (χ1) is 14.2. The number of carbonyl (C=O) groups is 1. The molecule has 0 fully saturated rings. The van der Waals surface area contributed by atoms with Gasteiger partial charge >= 0.3 is 0 Å². The number of rotatable bonds is 9. The molecule has 1 amide bonds. The van der Waals surface area contributed by atoms with Crippen molar-refractivity contribution in [2.75, 3.05) is 20.2 Å².